The Balaban J connectivity index is 1.77. The van der Waals surface area contributed by atoms with Crippen molar-refractivity contribution in [2.75, 3.05) is 25.6 Å². The van der Waals surface area contributed by atoms with Crippen LogP contribution in [0.25, 0.3) is 0 Å². The van der Waals surface area contributed by atoms with E-state index >= 15 is 0 Å². The second kappa shape index (κ2) is 9.20. The molecule has 1 aliphatic heterocycles. The number of hydrogen-bond donors (Lipinski definition) is 1. The van der Waals surface area contributed by atoms with E-state index in [1.165, 1.54) is 11.1 Å². The van der Waals surface area contributed by atoms with Gasteiger partial charge >= 0.3 is 0 Å². The number of aryl methyl sites for hydroxylation is 2. The summed E-state index contributed by atoms with van der Waals surface area (Å²) in [5.74, 6) is 0.879. The Morgan fingerprint density at radius 3 is 2.74 bits per heavy atom. The van der Waals surface area contributed by atoms with Crippen LogP contribution >= 0.6 is 12.2 Å². The fraction of sp³-hybridized carbons (Fsp3) is 0.409. The van der Waals surface area contributed by atoms with E-state index in [1.807, 2.05) is 18.2 Å². The Labute approximate surface area is 167 Å². The van der Waals surface area contributed by atoms with E-state index in [-0.39, 0.29) is 6.10 Å². The van der Waals surface area contributed by atoms with Gasteiger partial charge in [-0.05, 0) is 68.2 Å². The van der Waals surface area contributed by atoms with Gasteiger partial charge in [-0.1, -0.05) is 24.3 Å². The van der Waals surface area contributed by atoms with Crippen LogP contribution in [0.15, 0.2) is 42.5 Å². The molecule has 0 aliphatic carbocycles. The van der Waals surface area contributed by atoms with Gasteiger partial charge in [0.2, 0.25) is 0 Å². The molecule has 1 aliphatic rings. The first-order valence-electron chi connectivity index (χ1n) is 9.43. The molecule has 5 heteroatoms. The Kier molecular flexibility index (Phi) is 6.69. The zero-order valence-electron chi connectivity index (χ0n) is 16.3. The first-order valence-corrected chi connectivity index (χ1v) is 9.84. The molecule has 0 aromatic heterocycles. The molecule has 4 nitrogen and oxygen atoms in total. The monoisotopic (exact) mass is 384 g/mol. The third kappa shape index (κ3) is 5.21. The topological polar surface area (TPSA) is 33.7 Å². The smallest absolute Gasteiger partial charge is 0.173 e. The van der Waals surface area contributed by atoms with Gasteiger partial charge < -0.3 is 19.7 Å². The fourth-order valence-electron chi connectivity index (χ4n) is 3.31. The van der Waals surface area contributed by atoms with Gasteiger partial charge in [-0.25, -0.2) is 0 Å². The number of nitrogens with zero attached hydrogens (tertiary/aromatic N) is 1. The van der Waals surface area contributed by atoms with E-state index in [4.69, 9.17) is 21.7 Å². The molecular weight excluding hydrogens is 356 g/mol. The van der Waals surface area contributed by atoms with Gasteiger partial charge in [0.15, 0.2) is 5.11 Å². The van der Waals surface area contributed by atoms with Crippen molar-refractivity contribution in [2.45, 2.75) is 39.3 Å². The third-order valence-corrected chi connectivity index (χ3v) is 5.41. The van der Waals surface area contributed by atoms with Crippen molar-refractivity contribution in [1.29, 1.82) is 0 Å². The van der Waals surface area contributed by atoms with Crippen LogP contribution in [0.5, 0.6) is 5.75 Å². The van der Waals surface area contributed by atoms with Crippen molar-refractivity contribution < 1.29 is 9.47 Å². The molecule has 0 radical (unpaired) electrons. The van der Waals surface area contributed by atoms with Crippen LogP contribution in [0, 0.1) is 13.8 Å². The summed E-state index contributed by atoms with van der Waals surface area (Å²) in [7, 11) is 1.70. The molecule has 1 unspecified atom stereocenters. The molecule has 0 amide bonds. The van der Waals surface area contributed by atoms with E-state index in [2.05, 4.69) is 48.3 Å². The summed E-state index contributed by atoms with van der Waals surface area (Å²) in [5, 5.41) is 4.11. The first kappa shape index (κ1) is 19.6. The molecule has 0 spiro atoms. The summed E-state index contributed by atoms with van der Waals surface area (Å²) in [6.07, 6.45) is 2.42. The largest absolute Gasteiger partial charge is 0.496 e. The Morgan fingerprint density at radius 2 is 2.04 bits per heavy atom. The van der Waals surface area contributed by atoms with E-state index in [1.54, 1.807) is 7.11 Å². The lowest BCUT2D eigenvalue weighted by Gasteiger charge is -2.29. The maximum absolute atomic E-state index is 5.85. The lowest BCUT2D eigenvalue weighted by molar-refractivity contribution is 0.0903. The van der Waals surface area contributed by atoms with E-state index in [0.717, 1.165) is 43.0 Å². The van der Waals surface area contributed by atoms with Crippen LogP contribution in [0.2, 0.25) is 0 Å². The molecule has 1 N–H and O–H groups in total. The van der Waals surface area contributed by atoms with Crippen LogP contribution in [-0.2, 0) is 11.3 Å². The first-order chi connectivity index (χ1) is 13.1. The predicted molar refractivity (Wildman–Crippen MR) is 115 cm³/mol. The zero-order chi connectivity index (χ0) is 19.2. The van der Waals surface area contributed by atoms with Gasteiger partial charge in [-0.2, -0.15) is 0 Å². The van der Waals surface area contributed by atoms with Gasteiger partial charge in [0.05, 0.1) is 13.2 Å². The molecule has 0 bridgehead atoms. The number of benzene rings is 2. The summed E-state index contributed by atoms with van der Waals surface area (Å²) in [6.45, 7) is 6.52. The number of para-hydroxylation sites is 1. The highest BCUT2D eigenvalue weighted by Gasteiger charge is 2.22. The SMILES string of the molecule is COc1ccccc1CN(CC1CCCO1)C(=S)Nc1ccc(C)c(C)c1. The number of methoxy groups -OCH3 is 1. The highest BCUT2D eigenvalue weighted by molar-refractivity contribution is 7.80. The van der Waals surface area contributed by atoms with Crippen molar-refractivity contribution in [3.8, 4) is 5.75 Å². The van der Waals surface area contributed by atoms with Crippen molar-refractivity contribution in [3.63, 3.8) is 0 Å². The Morgan fingerprint density at radius 1 is 1.22 bits per heavy atom. The minimum absolute atomic E-state index is 0.221. The van der Waals surface area contributed by atoms with E-state index < -0.39 is 0 Å². The molecular formula is C22H28N2O2S. The van der Waals surface area contributed by atoms with Gasteiger partial charge in [-0.15, -0.1) is 0 Å². The average Bonchev–Trinajstić information content (AvgIpc) is 3.18. The van der Waals surface area contributed by atoms with Crippen molar-refractivity contribution in [1.82, 2.24) is 4.90 Å². The molecule has 144 valence electrons. The molecule has 1 fully saturated rings. The number of anilines is 1. The summed E-state index contributed by atoms with van der Waals surface area (Å²) >= 11 is 5.77. The van der Waals surface area contributed by atoms with Crippen molar-refractivity contribution >= 4 is 23.0 Å². The summed E-state index contributed by atoms with van der Waals surface area (Å²) in [5.41, 5.74) is 4.65. The van der Waals surface area contributed by atoms with Crippen LogP contribution < -0.4 is 10.1 Å². The van der Waals surface area contributed by atoms with Gasteiger partial charge in [0.25, 0.3) is 0 Å². The van der Waals surface area contributed by atoms with Crippen molar-refractivity contribution in [2.24, 2.45) is 0 Å². The van der Waals surface area contributed by atoms with E-state index in [9.17, 15) is 0 Å². The highest BCUT2D eigenvalue weighted by Crippen LogP contribution is 2.22. The maximum Gasteiger partial charge on any atom is 0.173 e. The fourth-order valence-corrected chi connectivity index (χ4v) is 3.57. The molecule has 1 atom stereocenters. The lowest BCUT2D eigenvalue weighted by atomic mass is 10.1. The zero-order valence-corrected chi connectivity index (χ0v) is 17.1. The quantitative estimate of drug-likeness (QED) is 0.731. The molecule has 0 saturated carbocycles. The molecule has 1 heterocycles. The van der Waals surface area contributed by atoms with Crippen LogP contribution in [0.1, 0.15) is 29.5 Å². The highest BCUT2D eigenvalue weighted by atomic mass is 32.1. The van der Waals surface area contributed by atoms with Crippen LogP contribution in [0.3, 0.4) is 0 Å². The minimum Gasteiger partial charge on any atom is -0.496 e. The molecule has 1 saturated heterocycles. The standard InChI is InChI=1S/C22H28N2O2S/c1-16-10-11-19(13-17(16)2)23-22(27)24(15-20-8-6-12-26-20)14-18-7-4-5-9-21(18)25-3/h4-5,7,9-11,13,20H,6,8,12,14-15H2,1-3H3,(H,23,27). The van der Waals surface area contributed by atoms with E-state index in [0.29, 0.717) is 11.7 Å². The van der Waals surface area contributed by atoms with Crippen LogP contribution in [-0.4, -0.2) is 36.4 Å². The Bertz CT molecular complexity index is 788. The van der Waals surface area contributed by atoms with Gasteiger partial charge in [0, 0.05) is 30.9 Å². The Hall–Kier alpha value is -2.11. The average molecular weight is 385 g/mol. The molecule has 2 aromatic rings. The van der Waals surface area contributed by atoms with Gasteiger partial charge in [-0.3, -0.25) is 0 Å². The number of ether oxygens (including phenoxy) is 2. The van der Waals surface area contributed by atoms with Gasteiger partial charge in [0.1, 0.15) is 5.75 Å². The minimum atomic E-state index is 0.221. The summed E-state index contributed by atoms with van der Waals surface area (Å²) in [6, 6.07) is 14.4. The second-order valence-corrected chi connectivity index (χ2v) is 7.44. The summed E-state index contributed by atoms with van der Waals surface area (Å²) < 4.78 is 11.4. The molecule has 2 aromatic carbocycles. The maximum atomic E-state index is 5.85. The van der Waals surface area contributed by atoms with Crippen LogP contribution in [0.4, 0.5) is 5.69 Å². The summed E-state index contributed by atoms with van der Waals surface area (Å²) in [4.78, 5) is 2.18. The normalized spacial score (nSPS) is 16.2. The second-order valence-electron chi connectivity index (χ2n) is 7.06. The number of rotatable bonds is 6. The number of nitrogens with one attached hydrogen (secondary N) is 1. The molecule has 27 heavy (non-hydrogen) atoms. The lowest BCUT2D eigenvalue weighted by Crippen LogP contribution is -2.39. The number of thiocarbonyl (C=S) groups is 1. The predicted octanol–water partition coefficient (Wildman–Crippen LogP) is 4.69. The number of hydrogen-bond acceptors (Lipinski definition) is 3. The molecule has 3 rings (SSSR count). The third-order valence-electron chi connectivity index (χ3n) is 5.05. The van der Waals surface area contributed by atoms with Crippen molar-refractivity contribution in [3.05, 3.63) is 59.2 Å².